The number of anilines is 1. The largest absolute Gasteiger partial charge is 0.467 e. The van der Waals surface area contributed by atoms with E-state index in [1.54, 1.807) is 24.3 Å². The quantitative estimate of drug-likeness (QED) is 0.696. The lowest BCUT2D eigenvalue weighted by atomic mass is 10.2. The van der Waals surface area contributed by atoms with Crippen LogP contribution in [0.2, 0.25) is 0 Å². The third kappa shape index (κ3) is 3.81. The maximum absolute atomic E-state index is 12.2. The number of nitrogens with one attached hydrogen (secondary N) is 2. The van der Waals surface area contributed by atoms with E-state index in [0.29, 0.717) is 11.3 Å². The molecule has 27 heavy (non-hydrogen) atoms. The molecule has 1 aromatic heterocycles. The Morgan fingerprint density at radius 2 is 2.04 bits per heavy atom. The van der Waals surface area contributed by atoms with Crippen molar-refractivity contribution in [1.82, 2.24) is 15.5 Å². The van der Waals surface area contributed by atoms with E-state index in [0.717, 1.165) is 0 Å². The lowest BCUT2D eigenvalue weighted by molar-refractivity contribution is -0.145. The summed E-state index contributed by atoms with van der Waals surface area (Å²) in [7, 11) is 1.21. The van der Waals surface area contributed by atoms with E-state index in [1.807, 2.05) is 0 Å². The molecule has 142 valence electrons. The number of H-pyrrole nitrogens is 1. The molecule has 2 atom stereocenters. The fourth-order valence-electron chi connectivity index (χ4n) is 2.51. The molecular weight excluding hydrogens is 360 g/mol. The molecule has 1 aromatic carbocycles. The Kier molecular flexibility index (Phi) is 4.92. The van der Waals surface area contributed by atoms with E-state index < -0.39 is 35.9 Å². The van der Waals surface area contributed by atoms with Crippen LogP contribution >= 0.6 is 0 Å². The van der Waals surface area contributed by atoms with Crippen molar-refractivity contribution < 1.29 is 28.4 Å². The summed E-state index contributed by atoms with van der Waals surface area (Å²) in [6.45, 7) is 1.45. The third-order valence-electron chi connectivity index (χ3n) is 3.91. The summed E-state index contributed by atoms with van der Waals surface area (Å²) < 4.78 is 14.0. The van der Waals surface area contributed by atoms with Gasteiger partial charge in [-0.25, -0.2) is 14.4 Å². The van der Waals surface area contributed by atoms with Crippen molar-refractivity contribution >= 4 is 23.7 Å². The van der Waals surface area contributed by atoms with E-state index in [1.165, 1.54) is 18.9 Å². The molecule has 2 aromatic rings. The molecule has 0 saturated carbocycles. The zero-order valence-corrected chi connectivity index (χ0v) is 14.4. The molecular formula is C16H16N4O7. The van der Waals surface area contributed by atoms with Crippen LogP contribution in [-0.2, 0) is 19.1 Å². The molecule has 2 N–H and O–H groups in total. The molecule has 2 amide bonds. The number of hydrogen-bond donors (Lipinski definition) is 2. The van der Waals surface area contributed by atoms with Crippen molar-refractivity contribution in [3.05, 3.63) is 34.8 Å². The lowest BCUT2D eigenvalue weighted by Crippen LogP contribution is -2.45. The van der Waals surface area contributed by atoms with Gasteiger partial charge in [-0.15, -0.1) is 0 Å². The average molecular weight is 376 g/mol. The zero-order valence-electron chi connectivity index (χ0n) is 14.4. The van der Waals surface area contributed by atoms with Crippen LogP contribution in [0.3, 0.4) is 0 Å². The van der Waals surface area contributed by atoms with Gasteiger partial charge in [0.2, 0.25) is 0 Å². The highest BCUT2D eigenvalue weighted by Crippen LogP contribution is 2.24. The standard InChI is InChI=1S/C16H16N4O7/c1-8(14(22)25-2)17-13(21)11-7-20(16(24)26-11)10-5-3-9(4-6-10)12-18-15(23)27-19-12/h3-6,8,11H,7H2,1-2H3,(H,17,21)(H,18,19,23)/t8-,11?/m1/s1. The highest BCUT2D eigenvalue weighted by molar-refractivity contribution is 5.96. The molecule has 0 bridgehead atoms. The van der Waals surface area contributed by atoms with Gasteiger partial charge in [0.25, 0.3) is 5.91 Å². The van der Waals surface area contributed by atoms with Crippen molar-refractivity contribution in [3.63, 3.8) is 0 Å². The van der Waals surface area contributed by atoms with Gasteiger partial charge in [0, 0.05) is 11.3 Å². The molecule has 1 unspecified atom stereocenters. The Morgan fingerprint density at radius 1 is 1.33 bits per heavy atom. The van der Waals surface area contributed by atoms with Crippen LogP contribution in [-0.4, -0.2) is 53.9 Å². The molecule has 11 nitrogen and oxygen atoms in total. The number of nitrogens with zero attached hydrogens (tertiary/aromatic N) is 2. The second-order valence-electron chi connectivity index (χ2n) is 5.73. The number of benzene rings is 1. The Morgan fingerprint density at radius 3 is 2.63 bits per heavy atom. The van der Waals surface area contributed by atoms with Crippen molar-refractivity contribution in [2.24, 2.45) is 0 Å². The highest BCUT2D eigenvalue weighted by atomic mass is 16.6. The van der Waals surface area contributed by atoms with Crippen LogP contribution in [0.25, 0.3) is 11.4 Å². The van der Waals surface area contributed by atoms with E-state index in [4.69, 9.17) is 4.74 Å². The first-order valence-electron chi connectivity index (χ1n) is 7.92. The highest BCUT2D eigenvalue weighted by Gasteiger charge is 2.37. The van der Waals surface area contributed by atoms with E-state index in [9.17, 15) is 19.2 Å². The number of aromatic amines is 1. The first kappa shape index (κ1) is 18.2. The Labute approximate surface area is 152 Å². The summed E-state index contributed by atoms with van der Waals surface area (Å²) in [6.07, 6.45) is -1.75. The lowest BCUT2D eigenvalue weighted by Gasteiger charge is -2.15. The van der Waals surface area contributed by atoms with E-state index in [2.05, 4.69) is 24.7 Å². The minimum Gasteiger partial charge on any atom is -0.467 e. The van der Waals surface area contributed by atoms with Crippen LogP contribution < -0.4 is 16.0 Å². The fraction of sp³-hybridized carbons (Fsp3) is 0.312. The third-order valence-corrected chi connectivity index (χ3v) is 3.91. The predicted molar refractivity (Wildman–Crippen MR) is 89.8 cm³/mol. The van der Waals surface area contributed by atoms with Crippen LogP contribution in [0.1, 0.15) is 6.92 Å². The Bertz CT molecular complexity index is 917. The average Bonchev–Trinajstić information content (AvgIpc) is 3.27. The van der Waals surface area contributed by atoms with Gasteiger partial charge < -0.3 is 14.8 Å². The molecule has 1 aliphatic rings. The molecule has 2 heterocycles. The Hall–Kier alpha value is -3.63. The normalized spacial score (nSPS) is 17.3. The van der Waals surface area contributed by atoms with Crippen LogP contribution in [0.4, 0.5) is 10.5 Å². The first-order chi connectivity index (χ1) is 12.9. The van der Waals surface area contributed by atoms with Gasteiger partial charge in [0.1, 0.15) is 6.04 Å². The number of carbonyl (C=O) groups is 3. The number of amides is 2. The zero-order chi connectivity index (χ0) is 19.6. The molecule has 1 aliphatic heterocycles. The van der Waals surface area contributed by atoms with Crippen molar-refractivity contribution in [1.29, 1.82) is 0 Å². The molecule has 3 rings (SSSR count). The smallest absolute Gasteiger partial charge is 0.439 e. The van der Waals surface area contributed by atoms with Crippen LogP contribution in [0.15, 0.2) is 33.6 Å². The van der Waals surface area contributed by atoms with Gasteiger partial charge in [0.05, 0.1) is 13.7 Å². The number of hydrogen-bond acceptors (Lipinski definition) is 8. The molecule has 11 heteroatoms. The number of cyclic esters (lactones) is 1. The number of rotatable bonds is 5. The minimum atomic E-state index is -1.06. The predicted octanol–water partition coefficient (Wildman–Crippen LogP) is 0.0328. The van der Waals surface area contributed by atoms with Crippen molar-refractivity contribution in [2.45, 2.75) is 19.1 Å². The molecule has 1 saturated heterocycles. The van der Waals surface area contributed by atoms with Crippen molar-refractivity contribution in [3.8, 4) is 11.4 Å². The van der Waals surface area contributed by atoms with Gasteiger partial charge >= 0.3 is 17.8 Å². The second kappa shape index (κ2) is 7.32. The monoisotopic (exact) mass is 376 g/mol. The summed E-state index contributed by atoms with van der Waals surface area (Å²) in [5, 5.41) is 6.00. The number of aromatic nitrogens is 2. The van der Waals surface area contributed by atoms with E-state index in [-0.39, 0.29) is 12.4 Å². The van der Waals surface area contributed by atoms with Crippen LogP contribution in [0.5, 0.6) is 0 Å². The number of carbonyl (C=O) groups excluding carboxylic acids is 3. The summed E-state index contributed by atoms with van der Waals surface area (Å²) >= 11 is 0. The fourth-order valence-corrected chi connectivity index (χ4v) is 2.51. The number of methoxy groups -OCH3 is 1. The first-order valence-corrected chi connectivity index (χ1v) is 7.92. The second-order valence-corrected chi connectivity index (χ2v) is 5.73. The Balaban J connectivity index is 1.67. The maximum Gasteiger partial charge on any atom is 0.439 e. The van der Waals surface area contributed by atoms with Crippen LogP contribution in [0, 0.1) is 0 Å². The molecule has 0 aliphatic carbocycles. The summed E-state index contributed by atoms with van der Waals surface area (Å²) in [5.74, 6) is -1.62. The van der Waals surface area contributed by atoms with E-state index >= 15 is 0 Å². The van der Waals surface area contributed by atoms with Gasteiger partial charge in [-0.3, -0.25) is 19.2 Å². The maximum atomic E-state index is 12.2. The van der Waals surface area contributed by atoms with Gasteiger partial charge in [-0.2, -0.15) is 0 Å². The number of ether oxygens (including phenoxy) is 2. The molecule has 1 fully saturated rings. The topological polar surface area (TPSA) is 144 Å². The molecule has 0 spiro atoms. The summed E-state index contributed by atoms with van der Waals surface area (Å²) in [4.78, 5) is 50.3. The van der Waals surface area contributed by atoms with Gasteiger partial charge in [0.15, 0.2) is 11.9 Å². The summed E-state index contributed by atoms with van der Waals surface area (Å²) in [6, 6.07) is 5.62. The summed E-state index contributed by atoms with van der Waals surface area (Å²) in [5.41, 5.74) is 1.07. The molecule has 0 radical (unpaired) electrons. The van der Waals surface area contributed by atoms with Gasteiger partial charge in [-0.1, -0.05) is 5.16 Å². The number of esters is 1. The van der Waals surface area contributed by atoms with Crippen molar-refractivity contribution in [2.75, 3.05) is 18.6 Å². The SMILES string of the molecule is COC(=O)[C@@H](C)NC(=O)C1CN(c2ccc(-c3noc(=O)[nH]3)cc2)C(=O)O1. The van der Waals surface area contributed by atoms with Gasteiger partial charge in [-0.05, 0) is 31.2 Å². The minimum absolute atomic E-state index is 0.0152.